The molecule has 0 saturated heterocycles. The first kappa shape index (κ1) is 19.9. The van der Waals surface area contributed by atoms with Gasteiger partial charge in [-0.15, -0.1) is 11.3 Å². The second-order valence-corrected chi connectivity index (χ2v) is 8.60. The fraction of sp³-hybridized carbons (Fsp3) is 0.364. The summed E-state index contributed by atoms with van der Waals surface area (Å²) in [7, 11) is 0. The van der Waals surface area contributed by atoms with Gasteiger partial charge in [0.25, 0.3) is 0 Å². The average Bonchev–Trinajstić information content (AvgIpc) is 3.03. The molecule has 3 aromatic rings. The Hall–Kier alpha value is -2.41. The number of thiophene rings is 1. The quantitative estimate of drug-likeness (QED) is 0.538. The summed E-state index contributed by atoms with van der Waals surface area (Å²) in [5.74, 6) is -1.90. The Morgan fingerprint density at radius 1 is 1.24 bits per heavy atom. The number of nitrogens with zero attached hydrogens (tertiary/aromatic N) is 1. The monoisotopic (exact) mass is 419 g/mol. The van der Waals surface area contributed by atoms with Crippen molar-refractivity contribution in [2.45, 2.75) is 51.6 Å². The maximum absolute atomic E-state index is 13.4. The van der Waals surface area contributed by atoms with Gasteiger partial charge in [0.15, 0.2) is 0 Å². The first-order valence-electron chi connectivity index (χ1n) is 9.53. The summed E-state index contributed by atoms with van der Waals surface area (Å²) in [6.07, 6.45) is -0.604. The highest BCUT2D eigenvalue weighted by Crippen LogP contribution is 2.45. The number of rotatable bonds is 3. The van der Waals surface area contributed by atoms with Crippen molar-refractivity contribution in [3.8, 4) is 11.1 Å². The van der Waals surface area contributed by atoms with Crippen molar-refractivity contribution < 1.29 is 23.1 Å². The number of alkyl halides is 3. The fourth-order valence-electron chi connectivity index (χ4n) is 4.22. The van der Waals surface area contributed by atoms with E-state index in [1.165, 1.54) is 10.9 Å². The summed E-state index contributed by atoms with van der Waals surface area (Å²) in [5, 5.41) is 10.5. The van der Waals surface area contributed by atoms with E-state index in [4.69, 9.17) is 0 Å². The summed E-state index contributed by atoms with van der Waals surface area (Å²) in [5.41, 5.74) is 2.41. The molecule has 0 saturated carbocycles. The summed E-state index contributed by atoms with van der Waals surface area (Å²) in [6, 6.07) is 5.18. The summed E-state index contributed by atoms with van der Waals surface area (Å²) in [6.45, 7) is 3.30. The first-order chi connectivity index (χ1) is 13.7. The average molecular weight is 419 g/mol. The van der Waals surface area contributed by atoms with Crippen molar-refractivity contribution in [2.75, 3.05) is 0 Å². The Bertz CT molecular complexity index is 1120. The molecular formula is C22H20F3NO2S. The van der Waals surface area contributed by atoms with Crippen LogP contribution < -0.4 is 0 Å². The standard InChI is InChI=1S/C22H20F3NO2S/c1-11(21(27)28)17-12(2)26-20-19(15-8-3-4-9-16(15)29-20)18(17)13-6-5-7-14(10-13)22(23,24)25/h5-7,10-11H,3-4,8-9H2,1-2H3,(H,27,28). The Morgan fingerprint density at radius 3 is 2.66 bits per heavy atom. The number of aliphatic carboxylic acids is 1. The highest BCUT2D eigenvalue weighted by Gasteiger charge is 2.32. The van der Waals surface area contributed by atoms with Crippen LogP contribution in [0.15, 0.2) is 24.3 Å². The maximum atomic E-state index is 13.4. The van der Waals surface area contributed by atoms with Crippen LogP contribution in [-0.4, -0.2) is 16.1 Å². The fourth-order valence-corrected chi connectivity index (χ4v) is 5.54. The smallest absolute Gasteiger partial charge is 0.416 e. The van der Waals surface area contributed by atoms with Gasteiger partial charge in [-0.3, -0.25) is 4.79 Å². The van der Waals surface area contributed by atoms with E-state index < -0.39 is 23.6 Å². The van der Waals surface area contributed by atoms with Gasteiger partial charge in [0.1, 0.15) is 4.83 Å². The van der Waals surface area contributed by atoms with E-state index in [0.29, 0.717) is 22.4 Å². The Kier molecular flexibility index (Phi) is 4.89. The van der Waals surface area contributed by atoms with Crippen LogP contribution in [0.5, 0.6) is 0 Å². The van der Waals surface area contributed by atoms with Gasteiger partial charge in [0.2, 0.25) is 0 Å². The van der Waals surface area contributed by atoms with Crippen molar-refractivity contribution in [3.05, 3.63) is 51.5 Å². The number of pyridine rings is 1. The van der Waals surface area contributed by atoms with Crippen LogP contribution in [0.3, 0.4) is 0 Å². The Labute approximate surface area is 170 Å². The van der Waals surface area contributed by atoms with Crippen molar-refractivity contribution in [1.29, 1.82) is 0 Å². The normalized spacial score (nSPS) is 15.3. The number of hydrogen-bond donors (Lipinski definition) is 1. The lowest BCUT2D eigenvalue weighted by Gasteiger charge is -2.20. The molecule has 0 radical (unpaired) electrons. The largest absolute Gasteiger partial charge is 0.481 e. The topological polar surface area (TPSA) is 50.2 Å². The molecule has 7 heteroatoms. The lowest BCUT2D eigenvalue weighted by atomic mass is 9.85. The molecule has 1 aliphatic carbocycles. The highest BCUT2D eigenvalue weighted by molar-refractivity contribution is 7.19. The Morgan fingerprint density at radius 2 is 1.97 bits per heavy atom. The van der Waals surface area contributed by atoms with Gasteiger partial charge in [0, 0.05) is 16.0 Å². The maximum Gasteiger partial charge on any atom is 0.416 e. The second-order valence-electron chi connectivity index (χ2n) is 7.52. The Balaban J connectivity index is 2.11. The number of aryl methyl sites for hydroxylation is 3. The van der Waals surface area contributed by atoms with Gasteiger partial charge >= 0.3 is 12.1 Å². The lowest BCUT2D eigenvalue weighted by Crippen LogP contribution is -2.12. The molecule has 0 fully saturated rings. The van der Waals surface area contributed by atoms with Crippen molar-refractivity contribution in [2.24, 2.45) is 0 Å². The van der Waals surface area contributed by atoms with E-state index in [2.05, 4.69) is 4.98 Å². The van der Waals surface area contributed by atoms with Gasteiger partial charge < -0.3 is 5.11 Å². The third-order valence-corrected chi connectivity index (χ3v) is 6.80. The van der Waals surface area contributed by atoms with Gasteiger partial charge in [0.05, 0.1) is 11.5 Å². The molecule has 0 spiro atoms. The minimum Gasteiger partial charge on any atom is -0.481 e. The van der Waals surface area contributed by atoms with Crippen LogP contribution in [0.4, 0.5) is 13.2 Å². The number of aromatic nitrogens is 1. The molecule has 2 heterocycles. The zero-order valence-electron chi connectivity index (χ0n) is 16.1. The summed E-state index contributed by atoms with van der Waals surface area (Å²) in [4.78, 5) is 18.5. The number of carboxylic acids is 1. The minimum absolute atomic E-state index is 0.393. The minimum atomic E-state index is -4.47. The van der Waals surface area contributed by atoms with Crippen molar-refractivity contribution >= 4 is 27.5 Å². The van der Waals surface area contributed by atoms with E-state index in [9.17, 15) is 23.1 Å². The predicted molar refractivity (Wildman–Crippen MR) is 107 cm³/mol. The zero-order chi connectivity index (χ0) is 20.9. The van der Waals surface area contributed by atoms with E-state index in [1.54, 1.807) is 31.3 Å². The molecular weight excluding hydrogens is 399 g/mol. The molecule has 2 aromatic heterocycles. The number of carboxylic acid groups (broad SMARTS) is 1. The van der Waals surface area contributed by atoms with Gasteiger partial charge in [-0.2, -0.15) is 13.2 Å². The molecule has 1 aliphatic rings. The van der Waals surface area contributed by atoms with Crippen LogP contribution in [0, 0.1) is 6.92 Å². The first-order valence-corrected chi connectivity index (χ1v) is 10.3. The number of hydrogen-bond acceptors (Lipinski definition) is 3. The van der Waals surface area contributed by atoms with Crippen molar-refractivity contribution in [1.82, 2.24) is 4.98 Å². The number of fused-ring (bicyclic) bond motifs is 3. The molecule has 0 bridgehead atoms. The second kappa shape index (κ2) is 7.13. The molecule has 3 nitrogen and oxygen atoms in total. The van der Waals surface area contributed by atoms with Crippen LogP contribution >= 0.6 is 11.3 Å². The van der Waals surface area contributed by atoms with Crippen molar-refractivity contribution in [3.63, 3.8) is 0 Å². The number of benzene rings is 1. The molecule has 152 valence electrons. The number of carbonyl (C=O) groups is 1. The number of halogens is 3. The van der Waals surface area contributed by atoms with Crippen LogP contribution in [-0.2, 0) is 23.8 Å². The summed E-state index contributed by atoms with van der Waals surface area (Å²) >= 11 is 1.58. The van der Waals surface area contributed by atoms with Crippen LogP contribution in [0.1, 0.15) is 52.9 Å². The molecule has 29 heavy (non-hydrogen) atoms. The molecule has 1 aromatic carbocycles. The molecule has 4 rings (SSSR count). The van der Waals surface area contributed by atoms with E-state index in [0.717, 1.165) is 53.6 Å². The van der Waals surface area contributed by atoms with Crippen LogP contribution in [0.2, 0.25) is 0 Å². The third-order valence-electron chi connectivity index (χ3n) is 5.61. The lowest BCUT2D eigenvalue weighted by molar-refractivity contribution is -0.139. The molecule has 1 unspecified atom stereocenters. The molecule has 0 amide bonds. The molecule has 0 aliphatic heterocycles. The van der Waals surface area contributed by atoms with E-state index in [1.807, 2.05) is 0 Å². The predicted octanol–water partition coefficient (Wildman–Crippen LogP) is 6.36. The van der Waals surface area contributed by atoms with Crippen LogP contribution in [0.25, 0.3) is 21.3 Å². The van der Waals surface area contributed by atoms with Gasteiger partial charge in [-0.1, -0.05) is 12.1 Å². The molecule has 1 N–H and O–H groups in total. The van der Waals surface area contributed by atoms with E-state index in [-0.39, 0.29) is 0 Å². The van der Waals surface area contributed by atoms with Gasteiger partial charge in [-0.25, -0.2) is 4.98 Å². The highest BCUT2D eigenvalue weighted by atomic mass is 32.1. The summed E-state index contributed by atoms with van der Waals surface area (Å²) < 4.78 is 40.1. The van der Waals surface area contributed by atoms with Gasteiger partial charge in [-0.05, 0) is 73.9 Å². The molecule has 1 atom stereocenters. The third kappa shape index (κ3) is 3.41. The zero-order valence-corrected chi connectivity index (χ0v) is 16.9. The van der Waals surface area contributed by atoms with E-state index >= 15 is 0 Å². The SMILES string of the molecule is Cc1nc2sc3c(c2c(-c2cccc(C(F)(F)F)c2)c1C(C)C(=O)O)CCCC3.